The molecule has 0 fully saturated rings. The van der Waals surface area contributed by atoms with Crippen molar-refractivity contribution in [2.24, 2.45) is 22.9 Å². The molecule has 1 aromatic rings. The van der Waals surface area contributed by atoms with Crippen molar-refractivity contribution in [1.82, 2.24) is 25.9 Å². The van der Waals surface area contributed by atoms with Crippen LogP contribution < -0.4 is 38.9 Å². The topological polar surface area (TPSA) is 309 Å². The van der Waals surface area contributed by atoms with E-state index in [4.69, 9.17) is 22.9 Å². The molecule has 0 radical (unpaired) electrons. The van der Waals surface area contributed by atoms with Crippen LogP contribution in [0.25, 0.3) is 0 Å². The fourth-order valence-corrected chi connectivity index (χ4v) is 3.17. The molecule has 1 heterocycles. The molecule has 6 amide bonds. The van der Waals surface area contributed by atoms with Crippen molar-refractivity contribution in [2.75, 3.05) is 0 Å². The standard InChI is InChI=1S/C21H33N9O8/c22-11(1-4-15(23)31)18(34)30-14(7-10-8-26-9-27-10)20(36)28-12(2-5-16(24)32)19(35)29-13(21(37)38)3-6-17(25)33/h8-9,11-14H,1-7,22H2,(H2,23,31)(H2,24,32)(H2,25,33)(H,26,27)(H,28,36)(H,29,35)(H,30,34)(H,37,38)/t11-,12-,13-,14-/m0/s1. The Balaban J connectivity index is 3.07. The molecule has 38 heavy (non-hydrogen) atoms. The number of nitrogens with two attached hydrogens (primary N) is 4. The summed E-state index contributed by atoms with van der Waals surface area (Å²) in [6.07, 6.45) is 1.15. The van der Waals surface area contributed by atoms with E-state index >= 15 is 0 Å². The molecule has 0 aromatic carbocycles. The molecule has 0 bridgehead atoms. The summed E-state index contributed by atoms with van der Waals surface area (Å²) in [7, 11) is 0. The normalized spacial score (nSPS) is 13.8. The summed E-state index contributed by atoms with van der Waals surface area (Å²) >= 11 is 0. The van der Waals surface area contributed by atoms with E-state index in [9.17, 15) is 38.7 Å². The number of rotatable bonds is 18. The van der Waals surface area contributed by atoms with E-state index < -0.39 is 65.6 Å². The molecule has 17 nitrogen and oxygen atoms in total. The van der Waals surface area contributed by atoms with Crippen LogP contribution in [-0.4, -0.2) is 80.7 Å². The number of H-pyrrole nitrogens is 1. The minimum atomic E-state index is -1.51. The molecule has 4 atom stereocenters. The van der Waals surface area contributed by atoms with Crippen molar-refractivity contribution in [3.05, 3.63) is 18.2 Å². The van der Waals surface area contributed by atoms with Crippen molar-refractivity contribution < 1.29 is 38.7 Å². The number of carboxylic acid groups (broad SMARTS) is 1. The molecule has 13 N–H and O–H groups in total. The van der Waals surface area contributed by atoms with Crippen LogP contribution in [0.4, 0.5) is 0 Å². The third kappa shape index (κ3) is 11.9. The smallest absolute Gasteiger partial charge is 0.326 e. The third-order valence-electron chi connectivity index (χ3n) is 5.25. The van der Waals surface area contributed by atoms with E-state index in [1.54, 1.807) is 0 Å². The quantitative estimate of drug-likeness (QED) is 0.0862. The highest BCUT2D eigenvalue weighted by molar-refractivity contribution is 5.94. The lowest BCUT2D eigenvalue weighted by molar-refractivity contribution is -0.142. The van der Waals surface area contributed by atoms with Gasteiger partial charge in [0, 0.05) is 31.9 Å². The molecule has 210 valence electrons. The Morgan fingerprint density at radius 3 is 1.74 bits per heavy atom. The number of carboxylic acids is 1. The molecule has 17 heteroatoms. The van der Waals surface area contributed by atoms with Crippen molar-refractivity contribution in [1.29, 1.82) is 0 Å². The maximum Gasteiger partial charge on any atom is 0.326 e. The monoisotopic (exact) mass is 539 g/mol. The van der Waals surface area contributed by atoms with Crippen molar-refractivity contribution in [3.8, 4) is 0 Å². The van der Waals surface area contributed by atoms with Crippen LogP contribution in [0.15, 0.2) is 12.5 Å². The third-order valence-corrected chi connectivity index (χ3v) is 5.25. The highest BCUT2D eigenvalue weighted by Gasteiger charge is 2.31. The van der Waals surface area contributed by atoms with Gasteiger partial charge in [0.1, 0.15) is 18.1 Å². The summed E-state index contributed by atoms with van der Waals surface area (Å²) in [5.74, 6) is -6.32. The zero-order valence-electron chi connectivity index (χ0n) is 20.5. The van der Waals surface area contributed by atoms with Gasteiger partial charge in [0.05, 0.1) is 18.1 Å². The number of hydrogen-bond donors (Lipinski definition) is 9. The summed E-state index contributed by atoms with van der Waals surface area (Å²) in [5.41, 5.74) is 21.4. The molecule has 1 rings (SSSR count). The minimum absolute atomic E-state index is 0.0799. The summed E-state index contributed by atoms with van der Waals surface area (Å²) < 4.78 is 0. The molecular weight excluding hydrogens is 506 g/mol. The number of aliphatic carboxylic acids is 1. The predicted octanol–water partition coefficient (Wildman–Crippen LogP) is -4.39. The fraction of sp³-hybridized carbons (Fsp3) is 0.524. The number of primary amides is 3. The number of amides is 6. The maximum atomic E-state index is 13.1. The van der Waals surface area contributed by atoms with Crippen LogP contribution in [0.5, 0.6) is 0 Å². The molecule has 0 unspecified atom stereocenters. The second-order valence-electron chi connectivity index (χ2n) is 8.41. The second kappa shape index (κ2) is 15.5. The number of imidazole rings is 1. The average Bonchev–Trinajstić information content (AvgIpc) is 3.34. The zero-order valence-corrected chi connectivity index (χ0v) is 20.5. The van der Waals surface area contributed by atoms with Crippen molar-refractivity contribution in [3.63, 3.8) is 0 Å². The minimum Gasteiger partial charge on any atom is -0.480 e. The first-order valence-electron chi connectivity index (χ1n) is 11.5. The number of nitrogens with one attached hydrogen (secondary N) is 4. The molecule has 0 aliphatic rings. The highest BCUT2D eigenvalue weighted by Crippen LogP contribution is 2.06. The number of hydrogen-bond acceptors (Lipinski definition) is 9. The predicted molar refractivity (Wildman–Crippen MR) is 129 cm³/mol. The van der Waals surface area contributed by atoms with Gasteiger partial charge < -0.3 is 49.0 Å². The lowest BCUT2D eigenvalue weighted by Crippen LogP contribution is -2.57. The van der Waals surface area contributed by atoms with E-state index in [1.807, 2.05) is 0 Å². The zero-order chi connectivity index (χ0) is 28.8. The molecule has 0 spiro atoms. The van der Waals surface area contributed by atoms with Gasteiger partial charge in [0.25, 0.3) is 0 Å². The van der Waals surface area contributed by atoms with Crippen LogP contribution >= 0.6 is 0 Å². The van der Waals surface area contributed by atoms with Gasteiger partial charge in [0.15, 0.2) is 0 Å². The van der Waals surface area contributed by atoms with Gasteiger partial charge in [-0.2, -0.15) is 0 Å². The second-order valence-corrected chi connectivity index (χ2v) is 8.41. The molecule has 0 aliphatic carbocycles. The molecule has 0 aliphatic heterocycles. The van der Waals surface area contributed by atoms with Gasteiger partial charge in [-0.3, -0.25) is 28.8 Å². The first-order valence-corrected chi connectivity index (χ1v) is 11.5. The van der Waals surface area contributed by atoms with E-state index in [-0.39, 0.29) is 44.9 Å². The van der Waals surface area contributed by atoms with Gasteiger partial charge in [-0.25, -0.2) is 9.78 Å². The lowest BCUT2D eigenvalue weighted by Gasteiger charge is -2.25. The Morgan fingerprint density at radius 2 is 1.24 bits per heavy atom. The summed E-state index contributed by atoms with van der Waals surface area (Å²) in [6, 6.07) is -5.43. The Morgan fingerprint density at radius 1 is 0.763 bits per heavy atom. The Labute approximate surface area is 216 Å². The highest BCUT2D eigenvalue weighted by atomic mass is 16.4. The molecule has 0 saturated carbocycles. The van der Waals surface area contributed by atoms with E-state index in [0.29, 0.717) is 5.69 Å². The van der Waals surface area contributed by atoms with Gasteiger partial charge in [-0.1, -0.05) is 0 Å². The van der Waals surface area contributed by atoms with Crippen LogP contribution in [0.1, 0.15) is 44.2 Å². The Kier molecular flexibility index (Phi) is 12.9. The molecule has 0 saturated heterocycles. The van der Waals surface area contributed by atoms with Crippen molar-refractivity contribution >= 4 is 41.4 Å². The fourth-order valence-electron chi connectivity index (χ4n) is 3.17. The van der Waals surface area contributed by atoms with E-state index in [2.05, 4.69) is 25.9 Å². The van der Waals surface area contributed by atoms with Crippen LogP contribution in [0.3, 0.4) is 0 Å². The number of aromatic nitrogens is 2. The Bertz CT molecular complexity index is 1010. The number of aromatic amines is 1. The number of carbonyl (C=O) groups excluding carboxylic acids is 6. The average molecular weight is 540 g/mol. The van der Waals surface area contributed by atoms with Crippen LogP contribution in [0.2, 0.25) is 0 Å². The van der Waals surface area contributed by atoms with Crippen molar-refractivity contribution in [2.45, 2.75) is 69.1 Å². The lowest BCUT2D eigenvalue weighted by atomic mass is 10.1. The first-order chi connectivity index (χ1) is 17.8. The van der Waals surface area contributed by atoms with E-state index in [1.165, 1.54) is 12.5 Å². The molecule has 1 aromatic heterocycles. The van der Waals surface area contributed by atoms with E-state index in [0.717, 1.165) is 0 Å². The number of carbonyl (C=O) groups is 7. The Hall–Kier alpha value is -4.54. The van der Waals surface area contributed by atoms with Gasteiger partial charge in [-0.15, -0.1) is 0 Å². The van der Waals surface area contributed by atoms with Gasteiger partial charge in [-0.05, 0) is 19.3 Å². The van der Waals surface area contributed by atoms with Crippen LogP contribution in [0, 0.1) is 0 Å². The largest absolute Gasteiger partial charge is 0.480 e. The number of nitrogens with zero attached hydrogens (tertiary/aromatic N) is 1. The maximum absolute atomic E-state index is 13.1. The summed E-state index contributed by atoms with van der Waals surface area (Å²) in [5, 5.41) is 16.3. The SMILES string of the molecule is NC(=O)CC[C@H](NC(=O)[C@H](CCC(N)=O)NC(=O)[C@H](Cc1c[nH]cn1)NC(=O)[C@@H](N)CCC(N)=O)C(=O)O. The molecular formula is C21H33N9O8. The van der Waals surface area contributed by atoms with Gasteiger partial charge >= 0.3 is 5.97 Å². The van der Waals surface area contributed by atoms with Crippen LogP contribution in [-0.2, 0) is 40.0 Å². The van der Waals surface area contributed by atoms with Gasteiger partial charge in [0.2, 0.25) is 35.4 Å². The summed E-state index contributed by atoms with van der Waals surface area (Å²) in [6.45, 7) is 0. The first kappa shape index (κ1) is 31.5. The summed E-state index contributed by atoms with van der Waals surface area (Å²) in [4.78, 5) is 90.0.